The summed E-state index contributed by atoms with van der Waals surface area (Å²) in [6, 6.07) is 2.03. The molecule has 0 aromatic heterocycles. The lowest BCUT2D eigenvalue weighted by atomic mass is 9.90. The number of rotatable bonds is 5. The molecule has 0 spiro atoms. The highest BCUT2D eigenvalue weighted by molar-refractivity contribution is 9.10. The molecular weight excluding hydrogens is 322 g/mol. The maximum atomic E-state index is 5.56. The lowest BCUT2D eigenvalue weighted by molar-refractivity contribution is 0.337. The quantitative estimate of drug-likeness (QED) is 0.891. The van der Waals surface area contributed by atoms with E-state index in [4.69, 9.17) is 14.2 Å². The maximum Gasteiger partial charge on any atom is 0.178 e. The SMILES string of the molecule is COc1cc(CC2CCNCC2)c(OC)c(Br)c1OC. The summed E-state index contributed by atoms with van der Waals surface area (Å²) >= 11 is 3.57. The normalized spacial score (nSPS) is 16.0. The molecule has 0 unspecified atom stereocenters. The van der Waals surface area contributed by atoms with Gasteiger partial charge < -0.3 is 19.5 Å². The van der Waals surface area contributed by atoms with Gasteiger partial charge in [-0.1, -0.05) is 0 Å². The fourth-order valence-electron chi connectivity index (χ4n) is 2.75. The number of nitrogens with one attached hydrogen (secondary N) is 1. The van der Waals surface area contributed by atoms with Crippen LogP contribution in [0.4, 0.5) is 0 Å². The molecule has 1 aliphatic heterocycles. The van der Waals surface area contributed by atoms with Crippen molar-refractivity contribution in [2.75, 3.05) is 34.4 Å². The van der Waals surface area contributed by atoms with E-state index >= 15 is 0 Å². The van der Waals surface area contributed by atoms with Crippen molar-refractivity contribution in [1.29, 1.82) is 0 Å². The Hall–Kier alpha value is -0.940. The zero-order valence-electron chi connectivity index (χ0n) is 12.3. The van der Waals surface area contributed by atoms with Crippen LogP contribution in [0.25, 0.3) is 0 Å². The van der Waals surface area contributed by atoms with Crippen molar-refractivity contribution < 1.29 is 14.2 Å². The molecule has 5 heteroatoms. The van der Waals surface area contributed by atoms with E-state index in [1.165, 1.54) is 18.4 Å². The summed E-state index contributed by atoms with van der Waals surface area (Å²) in [6.45, 7) is 2.20. The van der Waals surface area contributed by atoms with Crippen LogP contribution in [0.15, 0.2) is 10.5 Å². The minimum absolute atomic E-state index is 0.679. The highest BCUT2D eigenvalue weighted by atomic mass is 79.9. The van der Waals surface area contributed by atoms with Crippen molar-refractivity contribution >= 4 is 15.9 Å². The molecule has 1 saturated heterocycles. The van der Waals surface area contributed by atoms with Crippen molar-refractivity contribution in [2.45, 2.75) is 19.3 Å². The van der Waals surface area contributed by atoms with E-state index in [2.05, 4.69) is 21.2 Å². The molecule has 1 aliphatic rings. The number of hydrogen-bond acceptors (Lipinski definition) is 4. The predicted molar refractivity (Wildman–Crippen MR) is 83.1 cm³/mol. The maximum absolute atomic E-state index is 5.56. The van der Waals surface area contributed by atoms with Gasteiger partial charge in [-0.15, -0.1) is 0 Å². The zero-order chi connectivity index (χ0) is 14.5. The molecule has 1 fully saturated rings. The summed E-state index contributed by atoms with van der Waals surface area (Å²) in [5.41, 5.74) is 1.17. The first-order valence-electron chi connectivity index (χ1n) is 6.89. The lowest BCUT2D eigenvalue weighted by Crippen LogP contribution is -2.28. The lowest BCUT2D eigenvalue weighted by Gasteiger charge is -2.24. The van der Waals surface area contributed by atoms with Crippen molar-refractivity contribution in [3.8, 4) is 17.2 Å². The molecule has 0 amide bonds. The second-order valence-electron chi connectivity index (χ2n) is 5.02. The molecule has 1 N–H and O–H groups in total. The van der Waals surface area contributed by atoms with Gasteiger partial charge in [-0.05, 0) is 65.8 Å². The second kappa shape index (κ2) is 7.18. The van der Waals surface area contributed by atoms with E-state index in [1.54, 1.807) is 21.3 Å². The Labute approximate surface area is 128 Å². The van der Waals surface area contributed by atoms with Gasteiger partial charge >= 0.3 is 0 Å². The van der Waals surface area contributed by atoms with Crippen LogP contribution in [0.3, 0.4) is 0 Å². The van der Waals surface area contributed by atoms with Crippen molar-refractivity contribution in [3.63, 3.8) is 0 Å². The van der Waals surface area contributed by atoms with Crippen molar-refractivity contribution in [2.24, 2.45) is 5.92 Å². The average molecular weight is 344 g/mol. The van der Waals surface area contributed by atoms with Gasteiger partial charge in [-0.25, -0.2) is 0 Å². The number of piperidine rings is 1. The van der Waals surface area contributed by atoms with Crippen LogP contribution in [0, 0.1) is 5.92 Å². The third kappa shape index (κ3) is 3.20. The molecule has 112 valence electrons. The minimum atomic E-state index is 0.679. The van der Waals surface area contributed by atoms with E-state index < -0.39 is 0 Å². The molecule has 4 nitrogen and oxygen atoms in total. The Morgan fingerprint density at radius 3 is 2.30 bits per heavy atom. The fourth-order valence-corrected chi connectivity index (χ4v) is 3.53. The summed E-state index contributed by atoms with van der Waals surface area (Å²) in [5.74, 6) is 2.96. The smallest absolute Gasteiger partial charge is 0.178 e. The molecule has 1 heterocycles. The number of hydrogen-bond donors (Lipinski definition) is 1. The molecule has 0 radical (unpaired) electrons. The van der Waals surface area contributed by atoms with E-state index in [0.717, 1.165) is 35.5 Å². The topological polar surface area (TPSA) is 39.7 Å². The van der Waals surface area contributed by atoms with Crippen LogP contribution in [-0.4, -0.2) is 34.4 Å². The molecule has 0 atom stereocenters. The summed E-state index contributed by atoms with van der Waals surface area (Å²) in [5, 5.41) is 3.40. The van der Waals surface area contributed by atoms with E-state index in [9.17, 15) is 0 Å². The summed E-state index contributed by atoms with van der Waals surface area (Å²) in [4.78, 5) is 0. The first-order chi connectivity index (χ1) is 9.71. The van der Waals surface area contributed by atoms with Crippen LogP contribution in [-0.2, 0) is 6.42 Å². The van der Waals surface area contributed by atoms with Gasteiger partial charge in [0.15, 0.2) is 11.5 Å². The third-order valence-corrected chi connectivity index (χ3v) is 4.54. The van der Waals surface area contributed by atoms with E-state index in [0.29, 0.717) is 11.7 Å². The van der Waals surface area contributed by atoms with Crippen LogP contribution >= 0.6 is 15.9 Å². The molecule has 0 bridgehead atoms. The molecule has 1 aromatic rings. The van der Waals surface area contributed by atoms with Gasteiger partial charge in [0.2, 0.25) is 0 Å². The van der Waals surface area contributed by atoms with Crippen molar-refractivity contribution in [1.82, 2.24) is 5.32 Å². The van der Waals surface area contributed by atoms with E-state index in [-0.39, 0.29) is 0 Å². The van der Waals surface area contributed by atoms with Crippen LogP contribution in [0.5, 0.6) is 17.2 Å². The van der Waals surface area contributed by atoms with Gasteiger partial charge in [0, 0.05) is 0 Å². The number of methoxy groups -OCH3 is 3. The molecular formula is C15H22BrNO3. The monoisotopic (exact) mass is 343 g/mol. The van der Waals surface area contributed by atoms with Gasteiger partial charge in [0.25, 0.3) is 0 Å². The van der Waals surface area contributed by atoms with E-state index in [1.807, 2.05) is 6.07 Å². The summed E-state index contributed by atoms with van der Waals surface area (Å²) in [6.07, 6.45) is 3.41. The first-order valence-corrected chi connectivity index (χ1v) is 7.68. The third-order valence-electron chi connectivity index (χ3n) is 3.81. The van der Waals surface area contributed by atoms with Crippen LogP contribution < -0.4 is 19.5 Å². The summed E-state index contributed by atoms with van der Waals surface area (Å²) < 4.78 is 17.2. The fraction of sp³-hybridized carbons (Fsp3) is 0.600. The largest absolute Gasteiger partial charge is 0.495 e. The molecule has 1 aromatic carbocycles. The van der Waals surface area contributed by atoms with Gasteiger partial charge in [0.05, 0.1) is 21.3 Å². The standard InChI is InChI=1S/C15H22BrNO3/c1-18-12-9-11(8-10-4-6-17-7-5-10)14(19-2)13(16)15(12)20-3/h9-10,17H,4-8H2,1-3H3. The number of halogens is 1. The Balaban J connectivity index is 2.32. The van der Waals surface area contributed by atoms with Crippen molar-refractivity contribution in [3.05, 3.63) is 16.1 Å². The van der Waals surface area contributed by atoms with Gasteiger partial charge in [0.1, 0.15) is 10.2 Å². The van der Waals surface area contributed by atoms with Gasteiger partial charge in [-0.2, -0.15) is 0 Å². The molecule has 0 saturated carbocycles. The zero-order valence-corrected chi connectivity index (χ0v) is 13.9. The minimum Gasteiger partial charge on any atom is -0.495 e. The molecule has 2 rings (SSSR count). The number of benzene rings is 1. The molecule has 20 heavy (non-hydrogen) atoms. The highest BCUT2D eigenvalue weighted by Gasteiger charge is 2.22. The predicted octanol–water partition coefficient (Wildman–Crippen LogP) is 3.02. The summed E-state index contributed by atoms with van der Waals surface area (Å²) in [7, 11) is 4.98. The average Bonchev–Trinajstić information content (AvgIpc) is 2.48. The Morgan fingerprint density at radius 2 is 1.75 bits per heavy atom. The first kappa shape index (κ1) is 15.4. The Bertz CT molecular complexity index is 459. The van der Waals surface area contributed by atoms with Crippen LogP contribution in [0.2, 0.25) is 0 Å². The highest BCUT2D eigenvalue weighted by Crippen LogP contribution is 2.45. The number of ether oxygens (including phenoxy) is 3. The van der Waals surface area contributed by atoms with Gasteiger partial charge in [-0.3, -0.25) is 0 Å². The Kier molecular flexibility index (Phi) is 5.54. The Morgan fingerprint density at radius 1 is 1.10 bits per heavy atom. The second-order valence-corrected chi connectivity index (χ2v) is 5.81. The molecule has 0 aliphatic carbocycles. The van der Waals surface area contributed by atoms with Crippen LogP contribution in [0.1, 0.15) is 18.4 Å².